The largest absolute Gasteiger partial charge is 0.478 e. The van der Waals surface area contributed by atoms with Crippen molar-refractivity contribution in [3.8, 4) is 22.4 Å². The van der Waals surface area contributed by atoms with E-state index < -0.39 is 23.5 Å². The van der Waals surface area contributed by atoms with Crippen molar-refractivity contribution in [1.82, 2.24) is 4.98 Å². The van der Waals surface area contributed by atoms with Crippen LogP contribution in [0.25, 0.3) is 33.3 Å². The lowest BCUT2D eigenvalue weighted by atomic mass is 9.84. The topological polar surface area (TPSA) is 50.2 Å². The summed E-state index contributed by atoms with van der Waals surface area (Å²) in [6.45, 7) is 0. The first-order valence-corrected chi connectivity index (χ1v) is 9.89. The Labute approximate surface area is 180 Å². The number of aromatic nitrogens is 1. The molecule has 0 spiro atoms. The lowest BCUT2D eigenvalue weighted by Crippen LogP contribution is -2.13. The van der Waals surface area contributed by atoms with Crippen LogP contribution in [0.15, 0.2) is 60.7 Å². The SMILES string of the molecule is O=C(O)c1c2c(nc3ccc(F)cc13)-c1ccc(-c3cccc(C(F)(F)F)c3)cc1CC2. The van der Waals surface area contributed by atoms with Gasteiger partial charge in [-0.1, -0.05) is 30.3 Å². The highest BCUT2D eigenvalue weighted by Crippen LogP contribution is 2.39. The summed E-state index contributed by atoms with van der Waals surface area (Å²) < 4.78 is 53.1. The molecule has 0 amide bonds. The van der Waals surface area contributed by atoms with E-state index in [0.717, 1.165) is 23.3 Å². The Kier molecular flexibility index (Phi) is 4.51. The molecule has 4 aromatic rings. The number of alkyl halides is 3. The predicted octanol–water partition coefficient (Wildman–Crippen LogP) is 6.52. The van der Waals surface area contributed by atoms with Crippen molar-refractivity contribution in [3.63, 3.8) is 0 Å². The molecular formula is C25H15F4NO2. The van der Waals surface area contributed by atoms with Gasteiger partial charge in [0.2, 0.25) is 0 Å². The highest BCUT2D eigenvalue weighted by atomic mass is 19.4. The number of hydrogen-bond acceptors (Lipinski definition) is 2. The summed E-state index contributed by atoms with van der Waals surface area (Å²) in [6, 6.07) is 14.3. The van der Waals surface area contributed by atoms with Gasteiger partial charge in [0.15, 0.2) is 0 Å². The Hall–Kier alpha value is -3.74. The number of aromatic carboxylic acids is 1. The standard InChI is InChI=1S/C25H15F4NO2/c26-17-6-9-21-20(12-17)22(24(31)32)19-8-5-15-10-14(4-7-18(15)23(19)30-21)13-2-1-3-16(11-13)25(27,28)29/h1-4,6-7,9-12H,5,8H2,(H,31,32). The minimum absolute atomic E-state index is 0.0390. The van der Waals surface area contributed by atoms with Crippen LogP contribution < -0.4 is 0 Å². The number of carboxylic acids is 1. The summed E-state index contributed by atoms with van der Waals surface area (Å²) in [5.74, 6) is -1.69. The Morgan fingerprint density at radius 3 is 2.47 bits per heavy atom. The summed E-state index contributed by atoms with van der Waals surface area (Å²) in [4.78, 5) is 16.6. The minimum Gasteiger partial charge on any atom is -0.478 e. The van der Waals surface area contributed by atoms with Gasteiger partial charge in [0.1, 0.15) is 5.82 Å². The van der Waals surface area contributed by atoms with Gasteiger partial charge in [-0.25, -0.2) is 14.2 Å². The average molecular weight is 437 g/mol. The lowest BCUT2D eigenvalue weighted by Gasteiger charge is -2.22. The maximum absolute atomic E-state index is 13.8. The fourth-order valence-electron chi connectivity index (χ4n) is 4.33. The van der Waals surface area contributed by atoms with E-state index in [1.807, 2.05) is 6.07 Å². The third-order valence-corrected chi connectivity index (χ3v) is 5.79. The second kappa shape index (κ2) is 7.15. The molecule has 3 aromatic carbocycles. The van der Waals surface area contributed by atoms with Crippen molar-refractivity contribution in [2.24, 2.45) is 0 Å². The third-order valence-electron chi connectivity index (χ3n) is 5.79. The molecule has 160 valence electrons. The van der Waals surface area contributed by atoms with Gasteiger partial charge >= 0.3 is 12.1 Å². The lowest BCUT2D eigenvalue weighted by molar-refractivity contribution is -0.137. The van der Waals surface area contributed by atoms with E-state index in [2.05, 4.69) is 4.98 Å². The van der Waals surface area contributed by atoms with Crippen molar-refractivity contribution in [2.75, 3.05) is 0 Å². The van der Waals surface area contributed by atoms with Crippen molar-refractivity contribution in [2.45, 2.75) is 19.0 Å². The summed E-state index contributed by atoms with van der Waals surface area (Å²) in [6.07, 6.45) is -3.55. The second-order valence-electron chi connectivity index (χ2n) is 7.73. The maximum Gasteiger partial charge on any atom is 0.416 e. The molecule has 1 N–H and O–H groups in total. The van der Waals surface area contributed by atoms with E-state index in [0.29, 0.717) is 40.7 Å². The molecule has 7 heteroatoms. The fraction of sp³-hybridized carbons (Fsp3) is 0.120. The number of pyridine rings is 1. The fourth-order valence-corrected chi connectivity index (χ4v) is 4.33. The van der Waals surface area contributed by atoms with Crippen LogP contribution in [0.2, 0.25) is 0 Å². The Morgan fingerprint density at radius 1 is 0.938 bits per heavy atom. The van der Waals surface area contributed by atoms with Crippen LogP contribution in [0, 0.1) is 5.82 Å². The molecular weight excluding hydrogens is 422 g/mol. The summed E-state index contributed by atoms with van der Waals surface area (Å²) in [5.41, 5.74) is 3.43. The van der Waals surface area contributed by atoms with Crippen molar-refractivity contribution < 1.29 is 27.5 Å². The molecule has 0 radical (unpaired) electrons. The van der Waals surface area contributed by atoms with Crippen LogP contribution in [0.3, 0.4) is 0 Å². The molecule has 1 aliphatic rings. The number of hydrogen-bond donors (Lipinski definition) is 1. The number of fused-ring (bicyclic) bond motifs is 4. The molecule has 1 heterocycles. The van der Waals surface area contributed by atoms with Gasteiger partial charge in [-0.2, -0.15) is 13.2 Å². The van der Waals surface area contributed by atoms with Crippen LogP contribution in [0.1, 0.15) is 27.0 Å². The van der Waals surface area contributed by atoms with Gasteiger partial charge in [0.25, 0.3) is 0 Å². The first-order valence-electron chi connectivity index (χ1n) is 9.89. The highest BCUT2D eigenvalue weighted by molar-refractivity contribution is 6.06. The molecule has 0 aliphatic heterocycles. The van der Waals surface area contributed by atoms with Crippen LogP contribution in [-0.2, 0) is 19.0 Å². The van der Waals surface area contributed by atoms with Gasteiger partial charge in [-0.3, -0.25) is 0 Å². The number of carbonyl (C=O) groups is 1. The Bertz CT molecular complexity index is 1410. The van der Waals surface area contributed by atoms with Gasteiger partial charge in [-0.05, 0) is 65.4 Å². The van der Waals surface area contributed by atoms with Gasteiger partial charge < -0.3 is 5.11 Å². The van der Waals surface area contributed by atoms with Crippen LogP contribution >= 0.6 is 0 Å². The molecule has 0 fully saturated rings. The molecule has 0 saturated carbocycles. The first-order chi connectivity index (χ1) is 15.2. The highest BCUT2D eigenvalue weighted by Gasteiger charge is 2.31. The number of carboxylic acid groups (broad SMARTS) is 1. The number of benzene rings is 3. The predicted molar refractivity (Wildman–Crippen MR) is 112 cm³/mol. The molecule has 0 unspecified atom stereocenters. The molecule has 1 aromatic heterocycles. The van der Waals surface area contributed by atoms with E-state index >= 15 is 0 Å². The second-order valence-corrected chi connectivity index (χ2v) is 7.73. The number of rotatable bonds is 2. The monoisotopic (exact) mass is 437 g/mol. The smallest absolute Gasteiger partial charge is 0.416 e. The zero-order chi connectivity index (χ0) is 22.6. The van der Waals surface area contributed by atoms with E-state index in [9.17, 15) is 27.5 Å². The summed E-state index contributed by atoms with van der Waals surface area (Å²) in [7, 11) is 0. The molecule has 5 rings (SSSR count). The third kappa shape index (κ3) is 3.30. The van der Waals surface area contributed by atoms with E-state index in [4.69, 9.17) is 0 Å². The number of aryl methyl sites for hydroxylation is 1. The normalized spacial score (nSPS) is 13.0. The molecule has 1 aliphatic carbocycles. The summed E-state index contributed by atoms with van der Waals surface area (Å²) >= 11 is 0. The van der Waals surface area contributed by atoms with Crippen LogP contribution in [-0.4, -0.2) is 16.1 Å². The molecule has 32 heavy (non-hydrogen) atoms. The number of nitrogens with zero attached hydrogens (tertiary/aromatic N) is 1. The van der Waals surface area contributed by atoms with Gasteiger partial charge in [0, 0.05) is 10.9 Å². The quantitative estimate of drug-likeness (QED) is 0.363. The first kappa shape index (κ1) is 20.2. The Morgan fingerprint density at radius 2 is 1.72 bits per heavy atom. The van der Waals surface area contributed by atoms with E-state index in [1.54, 1.807) is 18.2 Å². The molecule has 0 saturated heterocycles. The number of halogens is 4. The molecule has 3 nitrogen and oxygen atoms in total. The van der Waals surface area contributed by atoms with Crippen molar-refractivity contribution in [3.05, 3.63) is 88.7 Å². The zero-order valence-corrected chi connectivity index (χ0v) is 16.5. The Balaban J connectivity index is 1.67. The average Bonchev–Trinajstić information content (AvgIpc) is 2.76. The zero-order valence-electron chi connectivity index (χ0n) is 16.5. The summed E-state index contributed by atoms with van der Waals surface area (Å²) in [5, 5.41) is 10.1. The maximum atomic E-state index is 13.8. The minimum atomic E-state index is -4.43. The molecule has 0 bridgehead atoms. The van der Waals surface area contributed by atoms with Crippen molar-refractivity contribution >= 4 is 16.9 Å². The van der Waals surface area contributed by atoms with E-state index in [1.165, 1.54) is 24.3 Å². The van der Waals surface area contributed by atoms with Gasteiger partial charge in [-0.15, -0.1) is 0 Å². The van der Waals surface area contributed by atoms with Crippen LogP contribution in [0.4, 0.5) is 17.6 Å². The van der Waals surface area contributed by atoms with E-state index in [-0.39, 0.29) is 10.9 Å². The van der Waals surface area contributed by atoms with Crippen molar-refractivity contribution in [1.29, 1.82) is 0 Å². The van der Waals surface area contributed by atoms with Gasteiger partial charge in [0.05, 0.1) is 22.3 Å². The molecule has 0 atom stereocenters. The van der Waals surface area contributed by atoms with Crippen LogP contribution in [0.5, 0.6) is 0 Å².